The van der Waals surface area contributed by atoms with Crippen molar-refractivity contribution in [3.8, 4) is 17.6 Å². The van der Waals surface area contributed by atoms with Gasteiger partial charge in [0.1, 0.15) is 18.5 Å². The fraction of sp³-hybridized carbons (Fsp3) is 0.292. The summed E-state index contributed by atoms with van der Waals surface area (Å²) in [5, 5.41) is 29.5. The van der Waals surface area contributed by atoms with Gasteiger partial charge in [0, 0.05) is 30.8 Å². The summed E-state index contributed by atoms with van der Waals surface area (Å²) in [7, 11) is 2.66. The van der Waals surface area contributed by atoms with Gasteiger partial charge in [0.25, 0.3) is 5.91 Å². The molecule has 2 aromatic carbocycles. The molecule has 1 unspecified atom stereocenters. The van der Waals surface area contributed by atoms with E-state index < -0.39 is 36.4 Å². The monoisotopic (exact) mass is 454 g/mol. The van der Waals surface area contributed by atoms with Crippen molar-refractivity contribution in [1.29, 1.82) is 0 Å². The molecule has 0 heterocycles. The second-order valence-corrected chi connectivity index (χ2v) is 7.01. The van der Waals surface area contributed by atoms with Crippen LogP contribution >= 0.6 is 0 Å². The van der Waals surface area contributed by atoms with Crippen molar-refractivity contribution >= 4 is 17.6 Å². The predicted octanol–water partition coefficient (Wildman–Crippen LogP) is -0.434. The number of aliphatic hydroxyl groups excluding tert-OH is 3. The van der Waals surface area contributed by atoms with Crippen LogP contribution in [0.15, 0.2) is 48.5 Å². The van der Waals surface area contributed by atoms with E-state index in [1.807, 2.05) is 0 Å². The van der Waals surface area contributed by atoms with E-state index in [4.69, 9.17) is 20.1 Å². The zero-order valence-corrected chi connectivity index (χ0v) is 18.3. The van der Waals surface area contributed by atoms with E-state index in [-0.39, 0.29) is 18.8 Å². The minimum Gasteiger partial charge on any atom is -0.486 e. The van der Waals surface area contributed by atoms with E-state index >= 15 is 0 Å². The smallest absolute Gasteiger partial charge is 0.254 e. The van der Waals surface area contributed by atoms with Gasteiger partial charge in [0.2, 0.25) is 5.91 Å². The second-order valence-electron chi connectivity index (χ2n) is 7.01. The van der Waals surface area contributed by atoms with Gasteiger partial charge in [-0.2, -0.15) is 0 Å². The molecular weight excluding hydrogens is 428 g/mol. The van der Waals surface area contributed by atoms with Gasteiger partial charge in [-0.05, 0) is 48.5 Å². The molecule has 0 radical (unpaired) electrons. The molecule has 0 aromatic heterocycles. The van der Waals surface area contributed by atoms with Gasteiger partial charge >= 0.3 is 0 Å². The lowest BCUT2D eigenvalue weighted by atomic mass is 10.1. The highest BCUT2D eigenvalue weighted by Crippen LogP contribution is 2.14. The fourth-order valence-corrected chi connectivity index (χ4v) is 2.86. The molecule has 2 amide bonds. The molecule has 9 heteroatoms. The number of hydrogen-bond donors (Lipinski definition) is 4. The quantitative estimate of drug-likeness (QED) is 0.298. The lowest BCUT2D eigenvalue weighted by molar-refractivity contribution is -0.135. The van der Waals surface area contributed by atoms with E-state index in [1.54, 1.807) is 36.4 Å². The van der Waals surface area contributed by atoms with Crippen LogP contribution in [0.2, 0.25) is 0 Å². The third kappa shape index (κ3) is 6.89. The first-order valence-electron chi connectivity index (χ1n) is 10.1. The first-order chi connectivity index (χ1) is 15.8. The third-order valence-corrected chi connectivity index (χ3v) is 4.71. The molecule has 33 heavy (non-hydrogen) atoms. The molecule has 174 valence electrons. The van der Waals surface area contributed by atoms with E-state index in [9.17, 15) is 14.4 Å². The minimum absolute atomic E-state index is 0.256. The standard InChI is InChI=1S/C24H26N2O7/c1-25-23(31)22(21(30)15-29)26(2)24(32)18-9-5-16(6-10-18)3-4-17-7-11-19(12-8-17)33-20(13-27)14-28/h5-12,20,22,27-29H,13-15H2,1-2H3,(H,25,31). The predicted molar refractivity (Wildman–Crippen MR) is 119 cm³/mol. The molecule has 2 rings (SSSR count). The number of amides is 2. The number of Topliss-reactive ketones (excluding diaryl/α,β-unsaturated/α-hetero) is 1. The molecule has 0 bridgehead atoms. The van der Waals surface area contributed by atoms with E-state index in [0.29, 0.717) is 16.9 Å². The lowest BCUT2D eigenvalue weighted by Gasteiger charge is -2.25. The van der Waals surface area contributed by atoms with Crippen LogP contribution in [-0.4, -0.2) is 83.9 Å². The van der Waals surface area contributed by atoms with Gasteiger partial charge in [-0.25, -0.2) is 0 Å². The lowest BCUT2D eigenvalue weighted by Crippen LogP contribution is -2.52. The maximum absolute atomic E-state index is 12.7. The zero-order valence-electron chi connectivity index (χ0n) is 18.3. The summed E-state index contributed by atoms with van der Waals surface area (Å²) in [6.45, 7) is -1.45. The average molecular weight is 454 g/mol. The summed E-state index contributed by atoms with van der Waals surface area (Å²) in [6.07, 6.45) is -0.685. The minimum atomic E-state index is -1.43. The molecule has 1 atom stereocenters. The molecule has 0 aliphatic heterocycles. The second kappa shape index (κ2) is 12.4. The number of carbonyl (C=O) groups is 3. The van der Waals surface area contributed by atoms with Gasteiger partial charge in [-0.3, -0.25) is 14.4 Å². The van der Waals surface area contributed by atoms with Crippen LogP contribution in [0, 0.1) is 11.8 Å². The molecular formula is C24H26N2O7. The number of nitrogens with zero attached hydrogens (tertiary/aromatic N) is 1. The number of ether oxygens (including phenoxy) is 1. The molecule has 4 N–H and O–H groups in total. The van der Waals surface area contributed by atoms with Gasteiger partial charge in [-0.1, -0.05) is 11.8 Å². The number of rotatable bonds is 9. The Labute approximate surface area is 191 Å². The molecule has 9 nitrogen and oxygen atoms in total. The van der Waals surface area contributed by atoms with E-state index in [0.717, 1.165) is 4.90 Å². The summed E-state index contributed by atoms with van der Waals surface area (Å²) in [5.41, 5.74) is 1.61. The Morgan fingerprint density at radius 1 is 0.939 bits per heavy atom. The summed E-state index contributed by atoms with van der Waals surface area (Å²) in [6, 6.07) is 11.7. The van der Waals surface area contributed by atoms with Crippen LogP contribution < -0.4 is 10.1 Å². The Balaban J connectivity index is 2.10. The fourth-order valence-electron chi connectivity index (χ4n) is 2.86. The van der Waals surface area contributed by atoms with E-state index in [2.05, 4.69) is 17.2 Å². The van der Waals surface area contributed by atoms with Gasteiger partial charge in [0.15, 0.2) is 11.8 Å². The normalized spacial score (nSPS) is 11.2. The zero-order chi connectivity index (χ0) is 24.4. The van der Waals surface area contributed by atoms with Crippen LogP contribution in [0.25, 0.3) is 0 Å². The Morgan fingerprint density at radius 2 is 1.45 bits per heavy atom. The van der Waals surface area contributed by atoms with Crippen molar-refractivity contribution in [1.82, 2.24) is 10.2 Å². The Hall–Kier alpha value is -3.71. The van der Waals surface area contributed by atoms with Gasteiger partial charge in [-0.15, -0.1) is 0 Å². The Morgan fingerprint density at radius 3 is 1.91 bits per heavy atom. The topological polar surface area (TPSA) is 136 Å². The Bertz CT molecular complexity index is 1000. The van der Waals surface area contributed by atoms with Crippen LogP contribution in [-0.2, 0) is 9.59 Å². The molecule has 0 aliphatic rings. The van der Waals surface area contributed by atoms with Gasteiger partial charge in [0.05, 0.1) is 13.2 Å². The molecule has 0 fully saturated rings. The van der Waals surface area contributed by atoms with Crippen LogP contribution in [0.3, 0.4) is 0 Å². The largest absolute Gasteiger partial charge is 0.486 e. The highest BCUT2D eigenvalue weighted by Gasteiger charge is 2.32. The maximum Gasteiger partial charge on any atom is 0.254 e. The highest BCUT2D eigenvalue weighted by atomic mass is 16.5. The van der Waals surface area contributed by atoms with E-state index in [1.165, 1.54) is 26.2 Å². The maximum atomic E-state index is 12.7. The highest BCUT2D eigenvalue weighted by molar-refractivity contribution is 6.10. The van der Waals surface area contributed by atoms with Crippen molar-refractivity contribution in [2.75, 3.05) is 33.9 Å². The molecule has 0 saturated carbocycles. The molecule has 0 saturated heterocycles. The molecule has 0 spiro atoms. The number of likely N-dealkylation sites (N-methyl/N-ethyl adjacent to an activating group) is 2. The number of aliphatic hydroxyl groups is 3. The first-order valence-corrected chi connectivity index (χ1v) is 10.1. The number of hydrogen-bond acceptors (Lipinski definition) is 7. The van der Waals surface area contributed by atoms with Crippen molar-refractivity contribution in [2.45, 2.75) is 12.1 Å². The number of nitrogens with one attached hydrogen (secondary N) is 1. The van der Waals surface area contributed by atoms with Crippen LogP contribution in [0.5, 0.6) is 5.75 Å². The number of benzene rings is 2. The summed E-state index contributed by atoms with van der Waals surface area (Å²) >= 11 is 0. The van der Waals surface area contributed by atoms with Crippen molar-refractivity contribution in [2.24, 2.45) is 0 Å². The summed E-state index contributed by atoms with van der Waals surface area (Å²) in [4.78, 5) is 37.6. The molecule has 2 aromatic rings. The SMILES string of the molecule is CNC(=O)C(C(=O)CO)N(C)C(=O)c1ccc(C#Cc2ccc(OC(CO)CO)cc2)cc1. The van der Waals surface area contributed by atoms with Crippen LogP contribution in [0.1, 0.15) is 21.5 Å². The number of ketones is 1. The first kappa shape index (κ1) is 25.5. The van der Waals surface area contributed by atoms with Crippen molar-refractivity contribution in [3.63, 3.8) is 0 Å². The Kier molecular flexibility index (Phi) is 9.57. The van der Waals surface area contributed by atoms with Crippen molar-refractivity contribution < 1.29 is 34.4 Å². The summed E-state index contributed by atoms with van der Waals surface area (Å²) < 4.78 is 5.40. The number of carbonyl (C=O) groups excluding carboxylic acids is 3. The molecule has 0 aliphatic carbocycles. The van der Waals surface area contributed by atoms with Crippen molar-refractivity contribution in [3.05, 3.63) is 65.2 Å². The van der Waals surface area contributed by atoms with Gasteiger partial charge < -0.3 is 30.3 Å². The summed E-state index contributed by atoms with van der Waals surface area (Å²) in [5.74, 6) is 4.42. The van der Waals surface area contributed by atoms with Crippen LogP contribution in [0.4, 0.5) is 0 Å². The average Bonchev–Trinajstić information content (AvgIpc) is 2.86. The third-order valence-electron chi connectivity index (χ3n) is 4.71.